The number of rotatable bonds is 1. The number of nitrogen functional groups attached to an aromatic ring is 1. The van der Waals surface area contributed by atoms with E-state index in [4.69, 9.17) is 10.5 Å². The predicted molar refractivity (Wildman–Crippen MR) is 47.3 cm³/mol. The number of amides is 1. The van der Waals surface area contributed by atoms with Crippen LogP contribution in [0.2, 0.25) is 0 Å². The van der Waals surface area contributed by atoms with Gasteiger partial charge in [0.15, 0.2) is 5.82 Å². The number of carbonyl (C=O) groups excluding carboxylic acids is 1. The highest BCUT2D eigenvalue weighted by Crippen LogP contribution is 2.21. The van der Waals surface area contributed by atoms with Crippen LogP contribution in [-0.4, -0.2) is 24.2 Å². The fraction of sp³-hybridized carbons (Fsp3) is 0.250. The molecule has 68 valence electrons. The molecule has 0 aliphatic carbocycles. The second-order valence-corrected chi connectivity index (χ2v) is 2.68. The largest absolute Gasteiger partial charge is 0.447 e. The first-order valence-corrected chi connectivity index (χ1v) is 3.94. The van der Waals surface area contributed by atoms with Crippen molar-refractivity contribution in [3.8, 4) is 0 Å². The third-order valence-electron chi connectivity index (χ3n) is 1.83. The first-order chi connectivity index (χ1) is 6.29. The monoisotopic (exact) mass is 179 g/mol. The van der Waals surface area contributed by atoms with Crippen molar-refractivity contribution >= 4 is 17.6 Å². The predicted octanol–water partition coefficient (Wildman–Crippen LogP) is 0.620. The van der Waals surface area contributed by atoms with Gasteiger partial charge in [-0.15, -0.1) is 0 Å². The number of anilines is 2. The molecule has 2 heterocycles. The van der Waals surface area contributed by atoms with Crippen LogP contribution in [0.1, 0.15) is 0 Å². The van der Waals surface area contributed by atoms with Crippen molar-refractivity contribution in [2.75, 3.05) is 23.8 Å². The second-order valence-electron chi connectivity index (χ2n) is 2.68. The third-order valence-corrected chi connectivity index (χ3v) is 1.83. The van der Waals surface area contributed by atoms with Crippen molar-refractivity contribution in [2.24, 2.45) is 0 Å². The zero-order valence-electron chi connectivity index (χ0n) is 6.93. The molecule has 0 aromatic carbocycles. The summed E-state index contributed by atoms with van der Waals surface area (Å²) in [6, 6.07) is 3.42. The number of nitrogens with zero attached hydrogens (tertiary/aromatic N) is 2. The Labute approximate surface area is 75.1 Å². The summed E-state index contributed by atoms with van der Waals surface area (Å²) in [6.45, 7) is 0.912. The van der Waals surface area contributed by atoms with Crippen molar-refractivity contribution in [3.05, 3.63) is 18.3 Å². The molecular formula is C8H9N3O2. The Morgan fingerprint density at radius 1 is 1.62 bits per heavy atom. The van der Waals surface area contributed by atoms with Gasteiger partial charge in [-0.3, -0.25) is 4.90 Å². The SMILES string of the molecule is Nc1cccnc1N1CCOC1=O. The van der Waals surface area contributed by atoms with Crippen molar-refractivity contribution in [3.63, 3.8) is 0 Å². The maximum absolute atomic E-state index is 11.1. The summed E-state index contributed by atoms with van der Waals surface area (Å²) in [6.07, 6.45) is 1.21. The van der Waals surface area contributed by atoms with Crippen LogP contribution in [-0.2, 0) is 4.74 Å². The van der Waals surface area contributed by atoms with Gasteiger partial charge in [0.1, 0.15) is 6.61 Å². The molecule has 1 saturated heterocycles. The molecule has 0 saturated carbocycles. The summed E-state index contributed by atoms with van der Waals surface area (Å²) in [5, 5.41) is 0. The fourth-order valence-electron chi connectivity index (χ4n) is 1.22. The van der Waals surface area contributed by atoms with Gasteiger partial charge in [-0.1, -0.05) is 0 Å². The standard InChI is InChI=1S/C8H9N3O2/c9-6-2-1-3-10-7(6)11-4-5-13-8(11)12/h1-3H,4-5,9H2. The molecule has 1 aromatic rings. The van der Waals surface area contributed by atoms with Crippen LogP contribution in [0.4, 0.5) is 16.3 Å². The van der Waals surface area contributed by atoms with Crippen LogP contribution in [0, 0.1) is 0 Å². The Kier molecular flexibility index (Phi) is 1.77. The molecule has 13 heavy (non-hydrogen) atoms. The Morgan fingerprint density at radius 3 is 3.08 bits per heavy atom. The van der Waals surface area contributed by atoms with Crippen LogP contribution in [0.25, 0.3) is 0 Å². The summed E-state index contributed by atoms with van der Waals surface area (Å²) in [5.74, 6) is 0.477. The maximum Gasteiger partial charge on any atom is 0.415 e. The second kappa shape index (κ2) is 2.93. The first-order valence-electron chi connectivity index (χ1n) is 3.94. The molecule has 1 aliphatic heterocycles. The zero-order valence-corrected chi connectivity index (χ0v) is 6.93. The van der Waals surface area contributed by atoms with Crippen LogP contribution in [0.3, 0.4) is 0 Å². The van der Waals surface area contributed by atoms with E-state index in [2.05, 4.69) is 4.98 Å². The molecule has 5 heteroatoms. The number of cyclic esters (lactones) is 1. The summed E-state index contributed by atoms with van der Waals surface area (Å²) in [4.78, 5) is 16.6. The quantitative estimate of drug-likeness (QED) is 0.686. The summed E-state index contributed by atoms with van der Waals surface area (Å²) < 4.78 is 4.77. The van der Waals surface area contributed by atoms with E-state index in [1.54, 1.807) is 18.3 Å². The molecule has 0 unspecified atom stereocenters. The van der Waals surface area contributed by atoms with Gasteiger partial charge in [0, 0.05) is 6.20 Å². The highest BCUT2D eigenvalue weighted by Gasteiger charge is 2.25. The highest BCUT2D eigenvalue weighted by molar-refractivity contribution is 5.91. The zero-order chi connectivity index (χ0) is 9.26. The van der Waals surface area contributed by atoms with E-state index in [1.807, 2.05) is 0 Å². The summed E-state index contributed by atoms with van der Waals surface area (Å²) in [7, 11) is 0. The Morgan fingerprint density at radius 2 is 2.46 bits per heavy atom. The average Bonchev–Trinajstić information content (AvgIpc) is 2.52. The van der Waals surface area contributed by atoms with E-state index in [9.17, 15) is 4.79 Å². The minimum Gasteiger partial charge on any atom is -0.447 e. The number of aromatic nitrogens is 1. The molecule has 0 bridgehead atoms. The van der Waals surface area contributed by atoms with Gasteiger partial charge < -0.3 is 10.5 Å². The van der Waals surface area contributed by atoms with E-state index in [1.165, 1.54) is 4.90 Å². The highest BCUT2D eigenvalue weighted by atomic mass is 16.6. The molecule has 2 rings (SSSR count). The number of pyridine rings is 1. The van der Waals surface area contributed by atoms with Crippen LogP contribution in [0.15, 0.2) is 18.3 Å². The third kappa shape index (κ3) is 1.28. The molecule has 1 aliphatic rings. The van der Waals surface area contributed by atoms with Crippen molar-refractivity contribution in [1.29, 1.82) is 0 Å². The molecule has 1 amide bonds. The molecule has 0 atom stereocenters. The van der Waals surface area contributed by atoms with Gasteiger partial charge in [0.05, 0.1) is 12.2 Å². The lowest BCUT2D eigenvalue weighted by Gasteiger charge is -2.12. The molecule has 1 aromatic heterocycles. The lowest BCUT2D eigenvalue weighted by atomic mass is 10.4. The Hall–Kier alpha value is -1.78. The molecular weight excluding hydrogens is 170 g/mol. The Balaban J connectivity index is 2.34. The van der Waals surface area contributed by atoms with Crippen molar-refractivity contribution < 1.29 is 9.53 Å². The summed E-state index contributed by atoms with van der Waals surface area (Å²) in [5.41, 5.74) is 6.14. The molecule has 1 fully saturated rings. The Bertz CT molecular complexity index is 340. The van der Waals surface area contributed by atoms with Gasteiger partial charge in [0.25, 0.3) is 0 Å². The van der Waals surface area contributed by atoms with Gasteiger partial charge >= 0.3 is 6.09 Å². The smallest absolute Gasteiger partial charge is 0.415 e. The van der Waals surface area contributed by atoms with Crippen LogP contribution in [0.5, 0.6) is 0 Å². The molecule has 0 radical (unpaired) electrons. The molecule has 5 nitrogen and oxygen atoms in total. The summed E-state index contributed by atoms with van der Waals surface area (Å²) >= 11 is 0. The number of ether oxygens (including phenoxy) is 1. The molecule has 0 spiro atoms. The average molecular weight is 179 g/mol. The first kappa shape index (κ1) is 7.85. The van der Waals surface area contributed by atoms with Gasteiger partial charge in [0.2, 0.25) is 0 Å². The lowest BCUT2D eigenvalue weighted by Crippen LogP contribution is -2.25. The topological polar surface area (TPSA) is 68.4 Å². The van der Waals surface area contributed by atoms with Crippen LogP contribution >= 0.6 is 0 Å². The van der Waals surface area contributed by atoms with E-state index in [0.717, 1.165) is 0 Å². The van der Waals surface area contributed by atoms with Crippen LogP contribution < -0.4 is 10.6 Å². The van der Waals surface area contributed by atoms with Crippen molar-refractivity contribution in [2.45, 2.75) is 0 Å². The van der Waals surface area contributed by atoms with E-state index in [-0.39, 0.29) is 6.09 Å². The van der Waals surface area contributed by atoms with Crippen molar-refractivity contribution in [1.82, 2.24) is 4.98 Å². The van der Waals surface area contributed by atoms with E-state index < -0.39 is 0 Å². The number of carbonyl (C=O) groups is 1. The minimum atomic E-state index is -0.384. The van der Waals surface area contributed by atoms with E-state index in [0.29, 0.717) is 24.7 Å². The molecule has 2 N–H and O–H groups in total. The number of hydrogen-bond acceptors (Lipinski definition) is 4. The van der Waals surface area contributed by atoms with Gasteiger partial charge in [-0.25, -0.2) is 9.78 Å². The van der Waals surface area contributed by atoms with E-state index >= 15 is 0 Å². The maximum atomic E-state index is 11.1. The fourth-order valence-corrected chi connectivity index (χ4v) is 1.22. The van der Waals surface area contributed by atoms with Gasteiger partial charge in [-0.2, -0.15) is 0 Å². The number of nitrogens with two attached hydrogens (primary N) is 1. The minimum absolute atomic E-state index is 0.384. The normalized spacial score (nSPS) is 16.0. The number of hydrogen-bond donors (Lipinski definition) is 1. The lowest BCUT2D eigenvalue weighted by molar-refractivity contribution is 0.181. The van der Waals surface area contributed by atoms with Gasteiger partial charge in [-0.05, 0) is 12.1 Å².